The number of rotatable bonds is 8. The van der Waals surface area contributed by atoms with Crippen LogP contribution in [-0.2, 0) is 14.4 Å². The second-order valence-electron chi connectivity index (χ2n) is 3.61. The van der Waals surface area contributed by atoms with Gasteiger partial charge in [0.2, 0.25) is 11.8 Å². The van der Waals surface area contributed by atoms with Crippen LogP contribution >= 0.6 is 0 Å². The van der Waals surface area contributed by atoms with Crippen molar-refractivity contribution in [1.29, 1.82) is 0 Å². The average Bonchev–Trinajstić information content (AvgIpc) is 2.30. The van der Waals surface area contributed by atoms with E-state index in [-0.39, 0.29) is 24.9 Å². The minimum atomic E-state index is -1.13. The zero-order valence-corrected chi connectivity index (χ0v) is 9.86. The van der Waals surface area contributed by atoms with Gasteiger partial charge in [-0.3, -0.25) is 14.4 Å². The minimum Gasteiger partial charge on any atom is -0.480 e. The Morgan fingerprint density at radius 2 is 1.88 bits per heavy atom. The van der Waals surface area contributed by atoms with Crippen LogP contribution in [-0.4, -0.2) is 42.5 Å². The first-order valence-electron chi connectivity index (χ1n) is 5.47. The third-order valence-corrected chi connectivity index (χ3v) is 2.15. The quantitative estimate of drug-likeness (QED) is 0.422. The van der Waals surface area contributed by atoms with E-state index < -0.39 is 18.4 Å². The molecule has 0 aromatic carbocycles. The zero-order chi connectivity index (χ0) is 13.3. The van der Waals surface area contributed by atoms with Gasteiger partial charge < -0.3 is 21.5 Å². The summed E-state index contributed by atoms with van der Waals surface area (Å²) < 4.78 is 0. The molecule has 0 aromatic heterocycles. The maximum Gasteiger partial charge on any atom is 0.322 e. The Balaban J connectivity index is 3.89. The van der Waals surface area contributed by atoms with Gasteiger partial charge in [0.1, 0.15) is 6.54 Å². The van der Waals surface area contributed by atoms with Crippen LogP contribution in [0.4, 0.5) is 0 Å². The molecule has 0 fully saturated rings. The van der Waals surface area contributed by atoms with Gasteiger partial charge in [0.05, 0.1) is 12.5 Å². The fraction of sp³-hybridized carbons (Fsp3) is 0.700. The van der Waals surface area contributed by atoms with Crippen molar-refractivity contribution in [2.45, 2.75) is 19.8 Å². The summed E-state index contributed by atoms with van der Waals surface area (Å²) in [4.78, 5) is 32.8. The summed E-state index contributed by atoms with van der Waals surface area (Å²) in [5, 5.41) is 12.9. The van der Waals surface area contributed by atoms with E-state index in [1.54, 1.807) is 0 Å². The number of hydrogen-bond acceptors (Lipinski definition) is 4. The van der Waals surface area contributed by atoms with E-state index in [0.717, 1.165) is 6.42 Å². The average molecular weight is 245 g/mol. The normalized spacial score (nSPS) is 11.6. The predicted molar refractivity (Wildman–Crippen MR) is 61.1 cm³/mol. The number of nitrogens with one attached hydrogen (secondary N) is 2. The lowest BCUT2D eigenvalue weighted by Crippen LogP contribution is -2.42. The van der Waals surface area contributed by atoms with E-state index in [9.17, 15) is 14.4 Å². The molecule has 0 aliphatic carbocycles. The van der Waals surface area contributed by atoms with E-state index in [2.05, 4.69) is 10.6 Å². The van der Waals surface area contributed by atoms with Crippen LogP contribution in [0, 0.1) is 5.92 Å². The molecule has 0 radical (unpaired) electrons. The largest absolute Gasteiger partial charge is 0.480 e. The fourth-order valence-electron chi connectivity index (χ4n) is 1.25. The summed E-state index contributed by atoms with van der Waals surface area (Å²) in [6.07, 6.45) is 1.50. The number of carboxylic acids is 1. The van der Waals surface area contributed by atoms with Crippen molar-refractivity contribution in [3.8, 4) is 0 Å². The van der Waals surface area contributed by atoms with Gasteiger partial charge in [0.25, 0.3) is 0 Å². The highest BCUT2D eigenvalue weighted by Crippen LogP contribution is 2.03. The monoisotopic (exact) mass is 245 g/mol. The standard InChI is InChI=1S/C10H19N3O4/c1-2-3-7(4-11)10(17)13-5-8(14)12-6-9(15)16/h7H,2-6,11H2,1H3,(H,12,14)(H,13,17)(H,15,16). The Labute approximate surface area is 99.7 Å². The first-order chi connectivity index (χ1) is 8.01. The molecule has 0 aromatic rings. The molecule has 0 bridgehead atoms. The van der Waals surface area contributed by atoms with Gasteiger partial charge in [-0.2, -0.15) is 0 Å². The van der Waals surface area contributed by atoms with Crippen LogP contribution in [0.3, 0.4) is 0 Å². The molecular weight excluding hydrogens is 226 g/mol. The van der Waals surface area contributed by atoms with Crippen molar-refractivity contribution >= 4 is 17.8 Å². The Morgan fingerprint density at radius 1 is 1.24 bits per heavy atom. The molecule has 0 spiro atoms. The molecule has 1 unspecified atom stereocenters. The van der Waals surface area contributed by atoms with Crippen molar-refractivity contribution in [3.63, 3.8) is 0 Å². The first-order valence-corrected chi connectivity index (χ1v) is 5.47. The summed E-state index contributed by atoms with van der Waals surface area (Å²) in [6, 6.07) is 0. The first kappa shape index (κ1) is 15.4. The lowest BCUT2D eigenvalue weighted by Gasteiger charge is -2.13. The zero-order valence-electron chi connectivity index (χ0n) is 9.86. The molecular formula is C10H19N3O4. The van der Waals surface area contributed by atoms with Crippen molar-refractivity contribution in [1.82, 2.24) is 10.6 Å². The minimum absolute atomic E-state index is 0.230. The molecule has 17 heavy (non-hydrogen) atoms. The fourth-order valence-corrected chi connectivity index (χ4v) is 1.25. The lowest BCUT2D eigenvalue weighted by atomic mass is 10.0. The number of carbonyl (C=O) groups excluding carboxylic acids is 2. The summed E-state index contributed by atoms with van der Waals surface area (Å²) in [5.41, 5.74) is 5.43. The molecule has 0 aliphatic rings. The van der Waals surface area contributed by atoms with Crippen LogP contribution in [0.1, 0.15) is 19.8 Å². The van der Waals surface area contributed by atoms with Crippen molar-refractivity contribution < 1.29 is 19.5 Å². The number of hydrogen-bond donors (Lipinski definition) is 4. The summed E-state index contributed by atoms with van der Waals surface area (Å²) in [7, 11) is 0. The Hall–Kier alpha value is -1.63. The number of nitrogens with two attached hydrogens (primary N) is 1. The van der Waals surface area contributed by atoms with Crippen LogP contribution in [0.5, 0.6) is 0 Å². The van der Waals surface area contributed by atoms with Crippen LogP contribution in [0.25, 0.3) is 0 Å². The number of carbonyl (C=O) groups is 3. The van der Waals surface area contributed by atoms with Crippen molar-refractivity contribution in [2.75, 3.05) is 19.6 Å². The third-order valence-electron chi connectivity index (χ3n) is 2.15. The Morgan fingerprint density at radius 3 is 2.35 bits per heavy atom. The molecule has 2 amide bonds. The van der Waals surface area contributed by atoms with E-state index in [1.807, 2.05) is 6.92 Å². The molecule has 0 heterocycles. The van der Waals surface area contributed by atoms with Crippen LogP contribution < -0.4 is 16.4 Å². The highest BCUT2D eigenvalue weighted by molar-refractivity contribution is 5.87. The van der Waals surface area contributed by atoms with Gasteiger partial charge in [0.15, 0.2) is 0 Å². The van der Waals surface area contributed by atoms with Gasteiger partial charge in [0, 0.05) is 6.54 Å². The molecule has 1 atom stereocenters. The van der Waals surface area contributed by atoms with E-state index in [1.165, 1.54) is 0 Å². The van der Waals surface area contributed by atoms with Crippen molar-refractivity contribution in [3.05, 3.63) is 0 Å². The predicted octanol–water partition coefficient (Wildman–Crippen LogP) is -1.32. The second-order valence-corrected chi connectivity index (χ2v) is 3.61. The van der Waals surface area contributed by atoms with Gasteiger partial charge in [-0.25, -0.2) is 0 Å². The van der Waals surface area contributed by atoms with Gasteiger partial charge >= 0.3 is 5.97 Å². The highest BCUT2D eigenvalue weighted by Gasteiger charge is 2.16. The maximum absolute atomic E-state index is 11.5. The second kappa shape index (κ2) is 8.51. The van der Waals surface area contributed by atoms with E-state index in [4.69, 9.17) is 10.8 Å². The molecule has 7 nitrogen and oxygen atoms in total. The lowest BCUT2D eigenvalue weighted by molar-refractivity contribution is -0.137. The highest BCUT2D eigenvalue weighted by atomic mass is 16.4. The Kier molecular flexibility index (Phi) is 7.70. The molecule has 0 aliphatic heterocycles. The third kappa shape index (κ3) is 7.29. The Bertz CT molecular complexity index is 281. The number of amides is 2. The van der Waals surface area contributed by atoms with Crippen molar-refractivity contribution in [2.24, 2.45) is 11.7 Å². The van der Waals surface area contributed by atoms with E-state index >= 15 is 0 Å². The SMILES string of the molecule is CCCC(CN)C(=O)NCC(=O)NCC(=O)O. The van der Waals surface area contributed by atoms with Gasteiger partial charge in [-0.1, -0.05) is 13.3 Å². The molecule has 7 heteroatoms. The molecule has 0 saturated carbocycles. The molecule has 98 valence electrons. The summed E-state index contributed by atoms with van der Waals surface area (Å²) in [5.74, 6) is -2.24. The summed E-state index contributed by atoms with van der Waals surface area (Å²) in [6.45, 7) is 1.49. The van der Waals surface area contributed by atoms with Gasteiger partial charge in [-0.15, -0.1) is 0 Å². The number of aliphatic carboxylic acids is 1. The maximum atomic E-state index is 11.5. The number of carboxylic acid groups (broad SMARTS) is 1. The molecule has 5 N–H and O–H groups in total. The topological polar surface area (TPSA) is 122 Å². The van der Waals surface area contributed by atoms with Crippen LogP contribution in [0.2, 0.25) is 0 Å². The summed E-state index contributed by atoms with van der Waals surface area (Å²) >= 11 is 0. The smallest absolute Gasteiger partial charge is 0.322 e. The molecule has 0 saturated heterocycles. The van der Waals surface area contributed by atoms with Gasteiger partial charge in [-0.05, 0) is 6.42 Å². The van der Waals surface area contributed by atoms with E-state index in [0.29, 0.717) is 6.42 Å². The van der Waals surface area contributed by atoms with Crippen LogP contribution in [0.15, 0.2) is 0 Å². The molecule has 0 rings (SSSR count).